The summed E-state index contributed by atoms with van der Waals surface area (Å²) in [4.78, 5) is 12.3. The number of amides is 1. The average Bonchev–Trinajstić information content (AvgIpc) is 2.30. The molecule has 2 rings (SSSR count). The second kappa shape index (κ2) is 4.94. The van der Waals surface area contributed by atoms with Crippen LogP contribution in [0.1, 0.15) is 51.9 Å². The highest BCUT2D eigenvalue weighted by molar-refractivity contribution is 5.86. The molecule has 98 valence electrons. The molecule has 1 aliphatic heterocycles. The van der Waals surface area contributed by atoms with Crippen LogP contribution in [-0.4, -0.2) is 30.2 Å². The van der Waals surface area contributed by atoms with Crippen LogP contribution in [0.4, 0.5) is 0 Å². The summed E-state index contributed by atoms with van der Waals surface area (Å²) in [5.74, 6) is 0.0431. The maximum atomic E-state index is 12.3. The number of rotatable bonds is 2. The Labute approximate surface area is 103 Å². The summed E-state index contributed by atoms with van der Waals surface area (Å²) in [6.45, 7) is 3.56. The van der Waals surface area contributed by atoms with Crippen molar-refractivity contribution >= 4 is 5.91 Å². The minimum Gasteiger partial charge on any atom is -0.381 e. The third-order valence-electron chi connectivity index (χ3n) is 4.21. The molecule has 17 heavy (non-hydrogen) atoms. The molecule has 0 aromatic carbocycles. The van der Waals surface area contributed by atoms with Gasteiger partial charge in [0, 0.05) is 18.8 Å². The number of hydrogen-bond donors (Lipinski definition) is 2. The molecule has 1 aliphatic carbocycles. The molecular formula is C13H24N2O2. The van der Waals surface area contributed by atoms with E-state index in [0.717, 1.165) is 51.7 Å². The first-order chi connectivity index (χ1) is 8.04. The minimum atomic E-state index is -0.625. The van der Waals surface area contributed by atoms with E-state index in [1.54, 1.807) is 0 Å². The second-order valence-electron chi connectivity index (χ2n) is 5.84. The molecule has 0 bridgehead atoms. The molecule has 0 unspecified atom stereocenters. The lowest BCUT2D eigenvalue weighted by atomic mass is 9.80. The van der Waals surface area contributed by atoms with E-state index in [9.17, 15) is 4.79 Å². The van der Waals surface area contributed by atoms with Gasteiger partial charge in [0.05, 0.1) is 5.54 Å². The van der Waals surface area contributed by atoms with Crippen molar-refractivity contribution in [3.8, 4) is 0 Å². The second-order valence-corrected chi connectivity index (χ2v) is 5.84. The van der Waals surface area contributed by atoms with Gasteiger partial charge >= 0.3 is 0 Å². The van der Waals surface area contributed by atoms with Crippen molar-refractivity contribution < 1.29 is 9.53 Å². The van der Waals surface area contributed by atoms with Gasteiger partial charge in [0.2, 0.25) is 5.91 Å². The summed E-state index contributed by atoms with van der Waals surface area (Å²) in [7, 11) is 0. The Morgan fingerprint density at radius 1 is 1.12 bits per heavy atom. The zero-order chi connectivity index (χ0) is 12.4. The Kier molecular flexibility index (Phi) is 3.73. The molecule has 0 spiro atoms. The van der Waals surface area contributed by atoms with Crippen LogP contribution in [0.2, 0.25) is 0 Å². The van der Waals surface area contributed by atoms with E-state index >= 15 is 0 Å². The molecule has 3 N–H and O–H groups in total. The number of ether oxygens (including phenoxy) is 1. The van der Waals surface area contributed by atoms with Gasteiger partial charge in [0.1, 0.15) is 0 Å². The summed E-state index contributed by atoms with van der Waals surface area (Å²) in [6, 6.07) is 0. The standard InChI is InChI=1S/C13H24N2O2/c1-12(7-9-17-10-8-12)15-11(16)13(14)5-3-2-4-6-13/h2-10,14H2,1H3,(H,15,16). The van der Waals surface area contributed by atoms with Crippen LogP contribution in [0, 0.1) is 0 Å². The molecule has 1 heterocycles. The van der Waals surface area contributed by atoms with Crippen LogP contribution in [0.5, 0.6) is 0 Å². The van der Waals surface area contributed by atoms with E-state index in [2.05, 4.69) is 12.2 Å². The summed E-state index contributed by atoms with van der Waals surface area (Å²) in [5.41, 5.74) is 5.48. The Morgan fingerprint density at radius 3 is 2.29 bits per heavy atom. The minimum absolute atomic E-state index is 0.0431. The van der Waals surface area contributed by atoms with Crippen LogP contribution < -0.4 is 11.1 Å². The normalized spacial score (nSPS) is 27.4. The lowest BCUT2D eigenvalue weighted by molar-refractivity contribution is -0.130. The van der Waals surface area contributed by atoms with E-state index in [0.29, 0.717) is 0 Å². The molecule has 4 heteroatoms. The molecule has 2 fully saturated rings. The lowest BCUT2D eigenvalue weighted by Gasteiger charge is -2.39. The van der Waals surface area contributed by atoms with E-state index in [1.165, 1.54) is 6.42 Å². The maximum Gasteiger partial charge on any atom is 0.240 e. The Morgan fingerprint density at radius 2 is 1.71 bits per heavy atom. The number of carbonyl (C=O) groups excluding carboxylic acids is 1. The summed E-state index contributed by atoms with van der Waals surface area (Å²) in [5, 5.41) is 3.16. The van der Waals surface area contributed by atoms with Gasteiger partial charge < -0.3 is 15.8 Å². The predicted molar refractivity (Wildman–Crippen MR) is 66.6 cm³/mol. The van der Waals surface area contributed by atoms with Crippen LogP contribution in [0.15, 0.2) is 0 Å². The van der Waals surface area contributed by atoms with E-state index in [4.69, 9.17) is 10.5 Å². The molecule has 1 saturated heterocycles. The summed E-state index contributed by atoms with van der Waals surface area (Å²) in [6.07, 6.45) is 6.77. The van der Waals surface area contributed by atoms with Crippen molar-refractivity contribution in [1.82, 2.24) is 5.32 Å². The molecule has 4 nitrogen and oxygen atoms in total. The van der Waals surface area contributed by atoms with Crippen LogP contribution in [-0.2, 0) is 9.53 Å². The van der Waals surface area contributed by atoms with Gasteiger partial charge in [-0.1, -0.05) is 19.3 Å². The van der Waals surface area contributed by atoms with Crippen molar-refractivity contribution in [3.05, 3.63) is 0 Å². The number of nitrogens with one attached hydrogen (secondary N) is 1. The highest BCUT2D eigenvalue weighted by atomic mass is 16.5. The van der Waals surface area contributed by atoms with Crippen molar-refractivity contribution in [2.24, 2.45) is 5.73 Å². The first kappa shape index (κ1) is 12.8. The average molecular weight is 240 g/mol. The Balaban J connectivity index is 1.95. The zero-order valence-corrected chi connectivity index (χ0v) is 10.8. The van der Waals surface area contributed by atoms with Crippen LogP contribution in [0.25, 0.3) is 0 Å². The monoisotopic (exact) mass is 240 g/mol. The highest BCUT2D eigenvalue weighted by Crippen LogP contribution is 2.28. The number of nitrogens with two attached hydrogens (primary N) is 1. The first-order valence-electron chi connectivity index (χ1n) is 6.73. The van der Waals surface area contributed by atoms with Crippen molar-refractivity contribution in [3.63, 3.8) is 0 Å². The Hall–Kier alpha value is -0.610. The molecule has 1 saturated carbocycles. The number of hydrogen-bond acceptors (Lipinski definition) is 3. The number of carbonyl (C=O) groups is 1. The maximum absolute atomic E-state index is 12.3. The SMILES string of the molecule is CC1(NC(=O)C2(N)CCCCC2)CCOCC1. The molecule has 0 radical (unpaired) electrons. The highest BCUT2D eigenvalue weighted by Gasteiger charge is 2.39. The van der Waals surface area contributed by atoms with E-state index < -0.39 is 5.54 Å². The lowest BCUT2D eigenvalue weighted by Crippen LogP contribution is -2.61. The van der Waals surface area contributed by atoms with Gasteiger partial charge in [-0.15, -0.1) is 0 Å². The largest absolute Gasteiger partial charge is 0.381 e. The Bertz CT molecular complexity index is 279. The van der Waals surface area contributed by atoms with Gasteiger partial charge in [0.25, 0.3) is 0 Å². The van der Waals surface area contributed by atoms with Crippen molar-refractivity contribution in [2.75, 3.05) is 13.2 Å². The molecule has 0 atom stereocenters. The van der Waals surface area contributed by atoms with E-state index in [1.807, 2.05) is 0 Å². The fraction of sp³-hybridized carbons (Fsp3) is 0.923. The molecule has 0 aromatic rings. The summed E-state index contributed by atoms with van der Waals surface area (Å²) < 4.78 is 5.33. The topological polar surface area (TPSA) is 64.4 Å². The summed E-state index contributed by atoms with van der Waals surface area (Å²) >= 11 is 0. The molecule has 1 amide bonds. The van der Waals surface area contributed by atoms with Crippen LogP contribution >= 0.6 is 0 Å². The van der Waals surface area contributed by atoms with Gasteiger partial charge in [-0.25, -0.2) is 0 Å². The smallest absolute Gasteiger partial charge is 0.240 e. The third-order valence-corrected chi connectivity index (χ3v) is 4.21. The van der Waals surface area contributed by atoms with E-state index in [-0.39, 0.29) is 11.4 Å². The molecule has 0 aromatic heterocycles. The van der Waals surface area contributed by atoms with Gasteiger partial charge in [0.15, 0.2) is 0 Å². The van der Waals surface area contributed by atoms with Gasteiger partial charge in [-0.3, -0.25) is 4.79 Å². The quantitative estimate of drug-likeness (QED) is 0.765. The molecular weight excluding hydrogens is 216 g/mol. The predicted octanol–water partition coefficient (Wildman–Crippen LogP) is 1.33. The molecule has 2 aliphatic rings. The fourth-order valence-electron chi connectivity index (χ4n) is 2.76. The third kappa shape index (κ3) is 2.99. The first-order valence-corrected chi connectivity index (χ1v) is 6.73. The van der Waals surface area contributed by atoms with Crippen molar-refractivity contribution in [2.45, 2.75) is 62.9 Å². The zero-order valence-electron chi connectivity index (χ0n) is 10.8. The van der Waals surface area contributed by atoms with Gasteiger partial charge in [-0.2, -0.15) is 0 Å². The van der Waals surface area contributed by atoms with Crippen molar-refractivity contribution in [1.29, 1.82) is 0 Å². The van der Waals surface area contributed by atoms with Gasteiger partial charge in [-0.05, 0) is 32.6 Å². The van der Waals surface area contributed by atoms with Crippen LogP contribution in [0.3, 0.4) is 0 Å². The fourth-order valence-corrected chi connectivity index (χ4v) is 2.76.